The van der Waals surface area contributed by atoms with E-state index in [1.165, 1.54) is 12.1 Å². The molecule has 1 aliphatic rings. The summed E-state index contributed by atoms with van der Waals surface area (Å²) >= 11 is 0. The van der Waals surface area contributed by atoms with Crippen molar-refractivity contribution in [2.75, 3.05) is 59.0 Å². The predicted octanol–water partition coefficient (Wildman–Crippen LogP) is 1.78. The van der Waals surface area contributed by atoms with Gasteiger partial charge in [-0.15, -0.1) is 0 Å². The van der Waals surface area contributed by atoms with Crippen LogP contribution in [0, 0.1) is 0 Å². The molecule has 0 unspecified atom stereocenters. The number of aromatic hydroxyl groups is 1. The Bertz CT molecular complexity index is 850. The van der Waals surface area contributed by atoms with E-state index >= 15 is 0 Å². The molecule has 32 heavy (non-hydrogen) atoms. The van der Waals surface area contributed by atoms with Crippen LogP contribution < -0.4 is 15.4 Å². The number of phenols is 1. The number of nitrogens with one attached hydrogen (secondary N) is 2. The molecule has 1 saturated heterocycles. The van der Waals surface area contributed by atoms with Crippen LogP contribution in [-0.2, 0) is 0 Å². The van der Waals surface area contributed by atoms with Crippen molar-refractivity contribution in [1.29, 1.82) is 0 Å². The second-order valence-electron chi connectivity index (χ2n) is 7.53. The number of para-hydroxylation sites is 1. The maximum atomic E-state index is 12.2. The molecule has 1 heterocycles. The topological polar surface area (TPSA) is 89.4 Å². The van der Waals surface area contributed by atoms with Gasteiger partial charge < -0.3 is 25.4 Å². The highest BCUT2D eigenvalue weighted by atomic mass is 16.5. The van der Waals surface area contributed by atoms with Crippen molar-refractivity contribution in [3.63, 3.8) is 0 Å². The molecule has 0 aliphatic carbocycles. The van der Waals surface area contributed by atoms with Crippen molar-refractivity contribution in [2.24, 2.45) is 4.99 Å². The first-order chi connectivity index (χ1) is 15.7. The summed E-state index contributed by atoms with van der Waals surface area (Å²) in [6, 6.07) is 16.1. The number of carbonyl (C=O) groups excluding carboxylic acids is 1. The Hall–Kier alpha value is -3.26. The zero-order valence-electron chi connectivity index (χ0n) is 18.7. The summed E-state index contributed by atoms with van der Waals surface area (Å²) in [6.45, 7) is 9.10. The Labute approximate surface area is 189 Å². The molecule has 3 N–H and O–H groups in total. The molecule has 0 aromatic heterocycles. The third-order valence-electron chi connectivity index (χ3n) is 5.21. The molecule has 0 bridgehead atoms. The lowest BCUT2D eigenvalue weighted by Crippen LogP contribution is -2.53. The van der Waals surface area contributed by atoms with E-state index in [0.717, 1.165) is 51.0 Å². The van der Waals surface area contributed by atoms with Crippen LogP contribution in [-0.4, -0.2) is 85.7 Å². The molecule has 2 aromatic rings. The Morgan fingerprint density at radius 3 is 2.44 bits per heavy atom. The molecular formula is C24H33N5O3. The standard InChI is InChI=1S/C24H33N5O3/c1-2-25-24(27-13-12-26-23(31)20-8-10-21(30)11-9-20)29-16-14-28(15-17-29)18-19-32-22-6-4-3-5-7-22/h3-11,30H,2,12-19H2,1H3,(H,25,27)(H,26,31). The van der Waals surface area contributed by atoms with E-state index in [0.29, 0.717) is 25.3 Å². The number of phenolic OH excluding ortho intramolecular Hbond substituents is 1. The molecule has 3 rings (SSSR count). The van der Waals surface area contributed by atoms with Gasteiger partial charge in [0.25, 0.3) is 5.91 Å². The minimum atomic E-state index is -0.170. The van der Waals surface area contributed by atoms with Crippen molar-refractivity contribution in [3.05, 3.63) is 60.2 Å². The van der Waals surface area contributed by atoms with E-state index in [-0.39, 0.29) is 11.7 Å². The number of hydrogen-bond donors (Lipinski definition) is 3. The van der Waals surface area contributed by atoms with Gasteiger partial charge in [-0.3, -0.25) is 14.7 Å². The number of piperazine rings is 1. The average Bonchev–Trinajstić information content (AvgIpc) is 2.82. The zero-order valence-corrected chi connectivity index (χ0v) is 18.7. The number of rotatable bonds is 9. The van der Waals surface area contributed by atoms with Crippen LogP contribution in [0.1, 0.15) is 17.3 Å². The highest BCUT2D eigenvalue weighted by Crippen LogP contribution is 2.10. The lowest BCUT2D eigenvalue weighted by Gasteiger charge is -2.36. The van der Waals surface area contributed by atoms with Crippen LogP contribution in [0.15, 0.2) is 59.6 Å². The number of hydrogen-bond acceptors (Lipinski definition) is 5. The van der Waals surface area contributed by atoms with E-state index in [4.69, 9.17) is 4.74 Å². The van der Waals surface area contributed by atoms with Crippen molar-refractivity contribution in [3.8, 4) is 11.5 Å². The third-order valence-corrected chi connectivity index (χ3v) is 5.21. The van der Waals surface area contributed by atoms with Gasteiger partial charge in [-0.25, -0.2) is 0 Å². The van der Waals surface area contributed by atoms with Crippen LogP contribution in [0.5, 0.6) is 11.5 Å². The first-order valence-electron chi connectivity index (χ1n) is 11.2. The number of guanidine groups is 1. The highest BCUT2D eigenvalue weighted by Gasteiger charge is 2.19. The summed E-state index contributed by atoms with van der Waals surface area (Å²) in [7, 11) is 0. The fraction of sp³-hybridized carbons (Fsp3) is 0.417. The monoisotopic (exact) mass is 439 g/mol. The number of carbonyl (C=O) groups is 1. The van der Waals surface area contributed by atoms with E-state index < -0.39 is 0 Å². The van der Waals surface area contributed by atoms with Gasteiger partial charge in [-0.2, -0.15) is 0 Å². The molecular weight excluding hydrogens is 406 g/mol. The summed E-state index contributed by atoms with van der Waals surface area (Å²) in [5.74, 6) is 1.76. The highest BCUT2D eigenvalue weighted by molar-refractivity contribution is 5.94. The molecule has 0 radical (unpaired) electrons. The van der Waals surface area contributed by atoms with Crippen molar-refractivity contribution >= 4 is 11.9 Å². The SMILES string of the molecule is CCNC(=NCCNC(=O)c1ccc(O)cc1)N1CCN(CCOc2ccccc2)CC1. The molecule has 0 spiro atoms. The molecule has 0 saturated carbocycles. The van der Waals surface area contributed by atoms with E-state index in [2.05, 4.69) is 32.3 Å². The number of ether oxygens (including phenoxy) is 1. The van der Waals surface area contributed by atoms with E-state index in [1.54, 1.807) is 12.1 Å². The summed E-state index contributed by atoms with van der Waals surface area (Å²) < 4.78 is 5.81. The molecule has 1 fully saturated rings. The quantitative estimate of drug-likeness (QED) is 0.314. The predicted molar refractivity (Wildman–Crippen MR) is 126 cm³/mol. The minimum Gasteiger partial charge on any atom is -0.508 e. The second-order valence-corrected chi connectivity index (χ2v) is 7.53. The van der Waals surface area contributed by atoms with E-state index in [9.17, 15) is 9.90 Å². The maximum absolute atomic E-state index is 12.2. The van der Waals surface area contributed by atoms with Gasteiger partial charge in [0.2, 0.25) is 0 Å². The molecule has 8 heteroatoms. The van der Waals surface area contributed by atoms with Crippen LogP contribution in [0.2, 0.25) is 0 Å². The van der Waals surface area contributed by atoms with Gasteiger partial charge >= 0.3 is 0 Å². The van der Waals surface area contributed by atoms with Crippen LogP contribution in [0.25, 0.3) is 0 Å². The normalized spacial score (nSPS) is 14.8. The zero-order chi connectivity index (χ0) is 22.6. The Morgan fingerprint density at radius 1 is 1.03 bits per heavy atom. The first kappa shape index (κ1) is 23.4. The van der Waals surface area contributed by atoms with Gasteiger partial charge in [0.15, 0.2) is 5.96 Å². The summed E-state index contributed by atoms with van der Waals surface area (Å²) in [6.07, 6.45) is 0. The average molecular weight is 440 g/mol. The number of amides is 1. The van der Waals surface area contributed by atoms with Crippen molar-refractivity contribution in [2.45, 2.75) is 6.92 Å². The molecule has 1 aliphatic heterocycles. The van der Waals surface area contributed by atoms with Crippen molar-refractivity contribution in [1.82, 2.24) is 20.4 Å². The Morgan fingerprint density at radius 2 is 1.75 bits per heavy atom. The Balaban J connectivity index is 1.38. The molecule has 1 amide bonds. The van der Waals surface area contributed by atoms with E-state index in [1.807, 2.05) is 30.3 Å². The summed E-state index contributed by atoms with van der Waals surface area (Å²) in [5, 5.41) is 15.5. The largest absolute Gasteiger partial charge is 0.508 e. The van der Waals surface area contributed by atoms with Gasteiger partial charge in [0.05, 0.1) is 6.54 Å². The Kier molecular flexibility index (Phi) is 9.19. The smallest absolute Gasteiger partial charge is 0.251 e. The lowest BCUT2D eigenvalue weighted by molar-refractivity contribution is 0.0954. The molecule has 2 aromatic carbocycles. The fourth-order valence-electron chi connectivity index (χ4n) is 3.46. The van der Waals surface area contributed by atoms with Gasteiger partial charge in [-0.05, 0) is 43.3 Å². The summed E-state index contributed by atoms with van der Waals surface area (Å²) in [4.78, 5) is 21.5. The number of benzene rings is 2. The fourth-order valence-corrected chi connectivity index (χ4v) is 3.46. The minimum absolute atomic E-state index is 0.144. The molecule has 172 valence electrons. The van der Waals surface area contributed by atoms with Gasteiger partial charge in [-0.1, -0.05) is 18.2 Å². The van der Waals surface area contributed by atoms with Gasteiger partial charge in [0.1, 0.15) is 18.1 Å². The molecule has 8 nitrogen and oxygen atoms in total. The van der Waals surface area contributed by atoms with Crippen LogP contribution in [0.4, 0.5) is 0 Å². The second kappa shape index (κ2) is 12.6. The summed E-state index contributed by atoms with van der Waals surface area (Å²) in [5.41, 5.74) is 0.519. The van der Waals surface area contributed by atoms with Crippen LogP contribution >= 0.6 is 0 Å². The third kappa shape index (κ3) is 7.46. The lowest BCUT2D eigenvalue weighted by atomic mass is 10.2. The number of nitrogens with zero attached hydrogens (tertiary/aromatic N) is 3. The van der Waals surface area contributed by atoms with Crippen molar-refractivity contribution < 1.29 is 14.6 Å². The molecule has 0 atom stereocenters. The maximum Gasteiger partial charge on any atom is 0.251 e. The first-order valence-corrected chi connectivity index (χ1v) is 11.2. The van der Waals surface area contributed by atoms with Crippen LogP contribution in [0.3, 0.4) is 0 Å². The number of aliphatic imine (C=N–C) groups is 1. The van der Waals surface area contributed by atoms with Gasteiger partial charge in [0, 0.05) is 51.4 Å².